The summed E-state index contributed by atoms with van der Waals surface area (Å²) in [6.45, 7) is 4.89. The Hall–Kier alpha value is -3.52. The SMILES string of the molecule is O=C(/C=C/c1ccc2c(c1)OCO2)NNC(=O)CC[NH+]1CCN(c2ccccc2)CC1. The molecule has 2 heterocycles. The molecule has 0 saturated carbocycles. The van der Waals surface area contributed by atoms with E-state index in [0.717, 1.165) is 38.3 Å². The van der Waals surface area contributed by atoms with Crippen LogP contribution in [0.3, 0.4) is 0 Å². The smallest absolute Gasteiger partial charge is 0.262 e. The maximum absolute atomic E-state index is 12.1. The van der Waals surface area contributed by atoms with Crippen molar-refractivity contribution in [2.24, 2.45) is 0 Å². The van der Waals surface area contributed by atoms with Gasteiger partial charge in [0.15, 0.2) is 11.5 Å². The third kappa shape index (κ3) is 5.76. The number of para-hydroxylation sites is 1. The van der Waals surface area contributed by atoms with E-state index in [1.165, 1.54) is 16.7 Å². The third-order valence-corrected chi connectivity index (χ3v) is 5.45. The predicted octanol–water partition coefficient (Wildman–Crippen LogP) is 0.371. The summed E-state index contributed by atoms with van der Waals surface area (Å²) < 4.78 is 10.6. The van der Waals surface area contributed by atoms with Crippen molar-refractivity contribution in [1.29, 1.82) is 0 Å². The summed E-state index contributed by atoms with van der Waals surface area (Å²) in [6.07, 6.45) is 3.39. The minimum absolute atomic E-state index is 0.192. The molecule has 0 radical (unpaired) electrons. The Bertz CT molecular complexity index is 940. The number of ether oxygens (including phenoxy) is 2. The van der Waals surface area contributed by atoms with Crippen LogP contribution < -0.4 is 30.1 Å². The number of carbonyl (C=O) groups is 2. The van der Waals surface area contributed by atoms with E-state index in [1.54, 1.807) is 18.2 Å². The fourth-order valence-corrected chi connectivity index (χ4v) is 3.68. The zero-order valence-electron chi connectivity index (χ0n) is 17.3. The average Bonchev–Trinajstić information content (AvgIpc) is 3.29. The molecule has 162 valence electrons. The largest absolute Gasteiger partial charge is 0.454 e. The molecule has 2 aliphatic heterocycles. The van der Waals surface area contributed by atoms with Crippen LogP contribution in [0, 0.1) is 0 Å². The second-order valence-electron chi connectivity index (χ2n) is 7.56. The molecule has 4 rings (SSSR count). The molecule has 0 aromatic heterocycles. The van der Waals surface area contributed by atoms with Crippen molar-refractivity contribution in [3.05, 3.63) is 60.2 Å². The van der Waals surface area contributed by atoms with Crippen molar-refractivity contribution in [3.8, 4) is 11.5 Å². The van der Waals surface area contributed by atoms with Gasteiger partial charge in [0.1, 0.15) is 0 Å². The van der Waals surface area contributed by atoms with E-state index in [1.807, 2.05) is 12.1 Å². The number of nitrogens with one attached hydrogen (secondary N) is 3. The normalized spacial score (nSPS) is 15.8. The highest BCUT2D eigenvalue weighted by molar-refractivity contribution is 5.93. The van der Waals surface area contributed by atoms with Crippen molar-refractivity contribution in [2.45, 2.75) is 6.42 Å². The molecule has 1 fully saturated rings. The van der Waals surface area contributed by atoms with E-state index < -0.39 is 5.91 Å². The summed E-state index contributed by atoms with van der Waals surface area (Å²) in [6, 6.07) is 15.8. The van der Waals surface area contributed by atoms with Gasteiger partial charge in [0.05, 0.1) is 39.1 Å². The van der Waals surface area contributed by atoms with Gasteiger partial charge >= 0.3 is 0 Å². The maximum atomic E-state index is 12.1. The fourth-order valence-electron chi connectivity index (χ4n) is 3.68. The van der Waals surface area contributed by atoms with Gasteiger partial charge in [-0.2, -0.15) is 0 Å². The van der Waals surface area contributed by atoms with Gasteiger partial charge < -0.3 is 19.3 Å². The highest BCUT2D eigenvalue weighted by Gasteiger charge is 2.20. The summed E-state index contributed by atoms with van der Waals surface area (Å²) in [5.41, 5.74) is 6.95. The van der Waals surface area contributed by atoms with Crippen molar-refractivity contribution in [2.75, 3.05) is 44.4 Å². The number of hydrogen-bond acceptors (Lipinski definition) is 5. The van der Waals surface area contributed by atoms with Crippen molar-refractivity contribution >= 4 is 23.6 Å². The summed E-state index contributed by atoms with van der Waals surface area (Å²) in [4.78, 5) is 27.8. The summed E-state index contributed by atoms with van der Waals surface area (Å²) in [7, 11) is 0. The van der Waals surface area contributed by atoms with Crippen molar-refractivity contribution in [1.82, 2.24) is 10.9 Å². The molecule has 0 unspecified atom stereocenters. The number of hydrogen-bond donors (Lipinski definition) is 3. The van der Waals surface area contributed by atoms with E-state index in [4.69, 9.17) is 9.47 Å². The Kier molecular flexibility index (Phi) is 6.68. The van der Waals surface area contributed by atoms with E-state index in [-0.39, 0.29) is 12.7 Å². The number of fused-ring (bicyclic) bond motifs is 1. The van der Waals surface area contributed by atoms with Crippen LogP contribution in [0.2, 0.25) is 0 Å². The third-order valence-electron chi connectivity index (χ3n) is 5.45. The van der Waals surface area contributed by atoms with Crippen LogP contribution in [0.5, 0.6) is 11.5 Å². The molecular formula is C23H27N4O4+. The van der Waals surface area contributed by atoms with Gasteiger partial charge in [-0.25, -0.2) is 0 Å². The first-order chi connectivity index (χ1) is 15.2. The molecule has 0 atom stereocenters. The van der Waals surface area contributed by atoms with Crippen LogP contribution in [-0.2, 0) is 9.59 Å². The quantitative estimate of drug-likeness (QED) is 0.462. The van der Waals surface area contributed by atoms with Gasteiger partial charge in [0.2, 0.25) is 12.7 Å². The van der Waals surface area contributed by atoms with Crippen LogP contribution in [0.4, 0.5) is 5.69 Å². The van der Waals surface area contributed by atoms with E-state index in [2.05, 4.69) is 40.0 Å². The fraction of sp³-hybridized carbons (Fsp3) is 0.304. The molecule has 3 N–H and O–H groups in total. The maximum Gasteiger partial charge on any atom is 0.262 e. The summed E-state index contributed by atoms with van der Waals surface area (Å²) in [5.74, 6) is 0.762. The molecule has 2 amide bonds. The number of rotatable bonds is 6. The van der Waals surface area contributed by atoms with E-state index in [0.29, 0.717) is 17.9 Å². The minimum Gasteiger partial charge on any atom is -0.454 e. The van der Waals surface area contributed by atoms with Crippen LogP contribution in [-0.4, -0.2) is 51.3 Å². The second-order valence-corrected chi connectivity index (χ2v) is 7.56. The molecule has 2 aliphatic rings. The first kappa shape index (κ1) is 20.7. The molecule has 2 aromatic carbocycles. The zero-order chi connectivity index (χ0) is 21.5. The summed E-state index contributed by atoms with van der Waals surface area (Å²) >= 11 is 0. The number of nitrogens with zero attached hydrogens (tertiary/aromatic N) is 1. The van der Waals surface area contributed by atoms with Gasteiger partial charge in [-0.1, -0.05) is 24.3 Å². The number of piperazine rings is 1. The van der Waals surface area contributed by atoms with Crippen LogP contribution in [0.15, 0.2) is 54.6 Å². The van der Waals surface area contributed by atoms with E-state index in [9.17, 15) is 9.59 Å². The Morgan fingerprint density at radius 3 is 2.58 bits per heavy atom. The lowest BCUT2D eigenvalue weighted by molar-refractivity contribution is -0.900. The van der Waals surface area contributed by atoms with Gasteiger partial charge in [0, 0.05) is 11.8 Å². The lowest BCUT2D eigenvalue weighted by Gasteiger charge is -2.33. The van der Waals surface area contributed by atoms with Gasteiger partial charge in [-0.05, 0) is 35.9 Å². The molecule has 31 heavy (non-hydrogen) atoms. The number of carbonyl (C=O) groups excluding carboxylic acids is 2. The highest BCUT2D eigenvalue weighted by atomic mass is 16.7. The van der Waals surface area contributed by atoms with Crippen LogP contribution >= 0.6 is 0 Å². The molecule has 1 saturated heterocycles. The Morgan fingerprint density at radius 1 is 1.00 bits per heavy atom. The Morgan fingerprint density at radius 2 is 1.77 bits per heavy atom. The highest BCUT2D eigenvalue weighted by Crippen LogP contribution is 2.32. The lowest BCUT2D eigenvalue weighted by Crippen LogP contribution is -3.15. The first-order valence-electron chi connectivity index (χ1n) is 10.5. The van der Waals surface area contributed by atoms with E-state index >= 15 is 0 Å². The average molecular weight is 423 g/mol. The number of anilines is 1. The standard InChI is InChI=1S/C23H26N4O4/c28-22(9-7-18-6-8-20-21(16-18)31-17-30-20)24-25-23(29)10-11-26-12-14-27(15-13-26)19-4-2-1-3-5-19/h1-9,16H,10-15,17H2,(H,24,28)(H,25,29)/p+1/b9-7+. The molecule has 2 aromatic rings. The van der Waals surface area contributed by atoms with Crippen LogP contribution in [0.1, 0.15) is 12.0 Å². The van der Waals surface area contributed by atoms with Gasteiger partial charge in [0.25, 0.3) is 5.91 Å². The molecule has 8 nitrogen and oxygen atoms in total. The second kappa shape index (κ2) is 9.99. The van der Waals surface area contributed by atoms with Crippen molar-refractivity contribution < 1.29 is 24.0 Å². The van der Waals surface area contributed by atoms with Gasteiger partial charge in [-0.3, -0.25) is 20.4 Å². The number of amides is 2. The zero-order valence-corrected chi connectivity index (χ0v) is 17.3. The van der Waals surface area contributed by atoms with Crippen LogP contribution in [0.25, 0.3) is 6.08 Å². The lowest BCUT2D eigenvalue weighted by atomic mass is 10.2. The minimum atomic E-state index is -0.394. The molecule has 8 heteroatoms. The predicted molar refractivity (Wildman–Crippen MR) is 117 cm³/mol. The summed E-state index contributed by atoms with van der Waals surface area (Å²) in [5, 5.41) is 0. The first-order valence-corrected chi connectivity index (χ1v) is 10.5. The number of benzene rings is 2. The number of quaternary nitrogens is 1. The topological polar surface area (TPSA) is 84.3 Å². The monoisotopic (exact) mass is 423 g/mol. The van der Waals surface area contributed by atoms with Crippen molar-refractivity contribution in [3.63, 3.8) is 0 Å². The Labute approximate surface area is 181 Å². The number of hydrazine groups is 1. The molecule has 0 aliphatic carbocycles. The molecular weight excluding hydrogens is 396 g/mol. The molecule has 0 spiro atoms. The molecule has 0 bridgehead atoms. The van der Waals surface area contributed by atoms with Gasteiger partial charge in [-0.15, -0.1) is 0 Å². The Balaban J connectivity index is 1.13.